The number of hydrogen-bond acceptors (Lipinski definition) is 6. The molecule has 0 spiro atoms. The zero-order valence-corrected chi connectivity index (χ0v) is 10.7. The minimum Gasteiger partial charge on any atom is -0.377 e. The molecule has 2 unspecified atom stereocenters. The van der Waals surface area contributed by atoms with E-state index in [4.69, 9.17) is 4.74 Å². The van der Waals surface area contributed by atoms with Gasteiger partial charge in [-0.3, -0.25) is 0 Å². The molecule has 3 heterocycles. The lowest BCUT2D eigenvalue weighted by Gasteiger charge is -2.10. The van der Waals surface area contributed by atoms with Gasteiger partial charge in [0, 0.05) is 19.1 Å². The van der Waals surface area contributed by atoms with Gasteiger partial charge in [0.25, 0.3) is 0 Å². The van der Waals surface area contributed by atoms with Crippen molar-refractivity contribution < 1.29 is 4.74 Å². The number of hydrogen-bond donors (Lipinski definition) is 1. The summed E-state index contributed by atoms with van der Waals surface area (Å²) in [5.41, 5.74) is 0. The summed E-state index contributed by atoms with van der Waals surface area (Å²) in [6, 6.07) is 0.490. The van der Waals surface area contributed by atoms with Gasteiger partial charge in [0.1, 0.15) is 11.6 Å². The van der Waals surface area contributed by atoms with E-state index in [2.05, 4.69) is 27.5 Å². The molecule has 1 aliphatic heterocycles. The summed E-state index contributed by atoms with van der Waals surface area (Å²) in [4.78, 5) is 0.853. The second kappa shape index (κ2) is 4.32. The summed E-state index contributed by atoms with van der Waals surface area (Å²) in [6.45, 7) is 3.72. The molecule has 6 nitrogen and oxygen atoms in total. The van der Waals surface area contributed by atoms with E-state index in [1.54, 1.807) is 23.0 Å². The maximum atomic E-state index is 5.08. The number of nitrogens with zero attached hydrogens (tertiary/aromatic N) is 4. The van der Waals surface area contributed by atoms with Crippen LogP contribution in [0.1, 0.15) is 30.1 Å². The second-order valence-corrected chi connectivity index (χ2v) is 5.31. The van der Waals surface area contributed by atoms with E-state index in [-0.39, 0.29) is 0 Å². The van der Waals surface area contributed by atoms with Crippen LogP contribution in [0.5, 0.6) is 0 Å². The monoisotopic (exact) mass is 253 g/mol. The van der Waals surface area contributed by atoms with Gasteiger partial charge in [0.15, 0.2) is 5.82 Å². The van der Waals surface area contributed by atoms with Crippen LogP contribution in [0.25, 0.3) is 4.96 Å². The third kappa shape index (κ3) is 1.84. The zero-order valence-electron chi connectivity index (χ0n) is 9.88. The average Bonchev–Trinajstić information content (AvgIpc) is 2.95. The summed E-state index contributed by atoms with van der Waals surface area (Å²) < 4.78 is 6.88. The first-order chi connectivity index (χ1) is 8.29. The lowest BCUT2D eigenvalue weighted by Crippen LogP contribution is -2.21. The molecule has 1 N–H and O–H groups in total. The van der Waals surface area contributed by atoms with E-state index in [1.807, 2.05) is 0 Å². The highest BCUT2D eigenvalue weighted by Crippen LogP contribution is 2.30. The maximum Gasteiger partial charge on any atom is 0.234 e. The quantitative estimate of drug-likeness (QED) is 0.876. The Morgan fingerprint density at radius 3 is 3.12 bits per heavy atom. The molecule has 2 aromatic rings. The SMILES string of the molecule is COCc1nnc2sc(C3CCNC3C)nn12. The molecule has 1 saturated heterocycles. The van der Waals surface area contributed by atoms with Crippen molar-refractivity contribution in [3.63, 3.8) is 0 Å². The lowest BCUT2D eigenvalue weighted by molar-refractivity contribution is 0.176. The average molecular weight is 253 g/mol. The number of nitrogens with one attached hydrogen (secondary N) is 1. The van der Waals surface area contributed by atoms with Gasteiger partial charge in [-0.05, 0) is 19.9 Å². The second-order valence-electron chi connectivity index (χ2n) is 4.32. The van der Waals surface area contributed by atoms with Crippen molar-refractivity contribution in [1.82, 2.24) is 25.1 Å². The van der Waals surface area contributed by atoms with E-state index in [0.717, 1.165) is 28.8 Å². The summed E-state index contributed by atoms with van der Waals surface area (Å²) in [5, 5.41) is 17.4. The van der Waals surface area contributed by atoms with Crippen molar-refractivity contribution in [2.45, 2.75) is 31.9 Å². The van der Waals surface area contributed by atoms with Gasteiger partial charge in [-0.25, -0.2) is 0 Å². The van der Waals surface area contributed by atoms with Gasteiger partial charge >= 0.3 is 0 Å². The molecule has 7 heteroatoms. The number of fused-ring (bicyclic) bond motifs is 1. The summed E-state index contributed by atoms with van der Waals surface area (Å²) in [5.74, 6) is 1.26. The third-order valence-electron chi connectivity index (χ3n) is 3.19. The first-order valence-corrected chi connectivity index (χ1v) is 6.54. The van der Waals surface area contributed by atoms with Crippen LogP contribution in [-0.2, 0) is 11.3 Å². The Labute approximate surface area is 103 Å². The van der Waals surface area contributed by atoms with Crippen LogP contribution in [0.4, 0.5) is 0 Å². The standard InChI is InChI=1S/C10H15N5OS/c1-6-7(3-4-11-6)9-14-15-8(5-16-2)12-13-10(15)17-9/h6-7,11H,3-5H2,1-2H3. The van der Waals surface area contributed by atoms with Gasteiger partial charge < -0.3 is 10.1 Å². The molecule has 0 bridgehead atoms. The fourth-order valence-corrected chi connectivity index (χ4v) is 3.33. The molecule has 2 aromatic heterocycles. The molecule has 3 rings (SSSR count). The predicted molar refractivity (Wildman–Crippen MR) is 64.2 cm³/mol. The topological polar surface area (TPSA) is 64.3 Å². The van der Waals surface area contributed by atoms with Crippen molar-refractivity contribution in [3.8, 4) is 0 Å². The summed E-state index contributed by atoms with van der Waals surface area (Å²) >= 11 is 1.63. The molecule has 1 fully saturated rings. The van der Waals surface area contributed by atoms with E-state index in [9.17, 15) is 0 Å². The Hall–Kier alpha value is -1.05. The molecular formula is C10H15N5OS. The molecule has 0 aromatic carbocycles. The van der Waals surface area contributed by atoms with Crippen LogP contribution in [0.15, 0.2) is 0 Å². The maximum absolute atomic E-state index is 5.08. The van der Waals surface area contributed by atoms with Crippen molar-refractivity contribution >= 4 is 16.3 Å². The number of aromatic nitrogens is 4. The Bertz CT molecular complexity index is 522. The van der Waals surface area contributed by atoms with Gasteiger partial charge in [-0.1, -0.05) is 11.3 Å². The van der Waals surface area contributed by atoms with Crippen LogP contribution < -0.4 is 5.32 Å². The number of rotatable bonds is 3. The zero-order chi connectivity index (χ0) is 11.8. The predicted octanol–water partition coefficient (Wildman–Crippen LogP) is 0.798. The van der Waals surface area contributed by atoms with Gasteiger partial charge in [-0.15, -0.1) is 10.2 Å². The van der Waals surface area contributed by atoms with Crippen LogP contribution in [0.2, 0.25) is 0 Å². The van der Waals surface area contributed by atoms with Crippen molar-refractivity contribution in [1.29, 1.82) is 0 Å². The Balaban J connectivity index is 1.96. The third-order valence-corrected chi connectivity index (χ3v) is 4.22. The molecule has 92 valence electrons. The summed E-state index contributed by atoms with van der Waals surface area (Å²) in [6.07, 6.45) is 1.14. The highest BCUT2D eigenvalue weighted by molar-refractivity contribution is 7.16. The fraction of sp³-hybridized carbons (Fsp3) is 0.700. The molecule has 17 heavy (non-hydrogen) atoms. The van der Waals surface area contributed by atoms with Crippen LogP contribution in [-0.4, -0.2) is 39.5 Å². The first-order valence-electron chi connectivity index (χ1n) is 5.73. The normalized spacial score (nSPS) is 24.8. The fourth-order valence-electron chi connectivity index (χ4n) is 2.24. The molecule has 1 aliphatic rings. The Morgan fingerprint density at radius 2 is 2.41 bits per heavy atom. The highest BCUT2D eigenvalue weighted by Gasteiger charge is 2.28. The largest absolute Gasteiger partial charge is 0.377 e. The molecular weight excluding hydrogens is 238 g/mol. The van der Waals surface area contributed by atoms with E-state index >= 15 is 0 Å². The van der Waals surface area contributed by atoms with E-state index in [1.165, 1.54) is 0 Å². The van der Waals surface area contributed by atoms with Crippen molar-refractivity contribution in [2.24, 2.45) is 0 Å². The Kier molecular flexibility index (Phi) is 2.81. The number of methoxy groups -OCH3 is 1. The lowest BCUT2D eigenvalue weighted by atomic mass is 10.0. The summed E-state index contributed by atoms with van der Waals surface area (Å²) in [7, 11) is 1.65. The van der Waals surface area contributed by atoms with Crippen molar-refractivity contribution in [2.75, 3.05) is 13.7 Å². The van der Waals surface area contributed by atoms with Crippen LogP contribution in [0, 0.1) is 0 Å². The number of ether oxygens (including phenoxy) is 1. The molecule has 0 radical (unpaired) electrons. The minimum atomic E-state index is 0.447. The molecule has 0 amide bonds. The van der Waals surface area contributed by atoms with E-state index < -0.39 is 0 Å². The minimum absolute atomic E-state index is 0.447. The molecule has 0 aliphatic carbocycles. The first kappa shape index (κ1) is 11.1. The van der Waals surface area contributed by atoms with Gasteiger partial charge in [0.2, 0.25) is 4.96 Å². The smallest absolute Gasteiger partial charge is 0.234 e. The molecule has 2 atom stereocenters. The molecule has 0 saturated carbocycles. The Morgan fingerprint density at radius 1 is 1.53 bits per heavy atom. The van der Waals surface area contributed by atoms with Gasteiger partial charge in [-0.2, -0.15) is 9.61 Å². The highest BCUT2D eigenvalue weighted by atomic mass is 32.1. The van der Waals surface area contributed by atoms with Crippen LogP contribution in [0.3, 0.4) is 0 Å². The van der Waals surface area contributed by atoms with E-state index in [0.29, 0.717) is 18.6 Å². The van der Waals surface area contributed by atoms with Crippen LogP contribution >= 0.6 is 11.3 Å². The van der Waals surface area contributed by atoms with Crippen molar-refractivity contribution in [3.05, 3.63) is 10.8 Å². The van der Waals surface area contributed by atoms with Gasteiger partial charge in [0.05, 0.1) is 0 Å².